The Hall–Kier alpha value is -1.86. The predicted molar refractivity (Wildman–Crippen MR) is 65.8 cm³/mol. The minimum atomic E-state index is 0.374. The Labute approximate surface area is 106 Å². The van der Waals surface area contributed by atoms with Crippen LogP contribution >= 0.6 is 0 Å². The highest BCUT2D eigenvalue weighted by Gasteiger charge is 2.04. The molecule has 18 heavy (non-hydrogen) atoms. The molecule has 0 atom stereocenters. The van der Waals surface area contributed by atoms with Crippen molar-refractivity contribution in [1.29, 1.82) is 0 Å². The molecule has 0 aliphatic heterocycles. The second-order valence-electron chi connectivity index (χ2n) is 4.61. The summed E-state index contributed by atoms with van der Waals surface area (Å²) in [4.78, 5) is 1.47. The molecule has 2 aromatic heterocycles. The van der Waals surface area contributed by atoms with Crippen molar-refractivity contribution in [2.75, 3.05) is 0 Å². The molecule has 0 aromatic carbocycles. The maximum absolute atomic E-state index is 4.00. The lowest BCUT2D eigenvalue weighted by Gasteiger charge is -1.98. The fraction of sp³-hybridized carbons (Fsp3) is 0.800. The molecule has 0 saturated heterocycles. The average molecular weight is 252 g/mol. The van der Waals surface area contributed by atoms with Crippen LogP contribution in [0.4, 0.5) is 0 Å². The zero-order chi connectivity index (χ0) is 13.7. The van der Waals surface area contributed by atoms with Gasteiger partial charge in [0, 0.05) is 18.9 Å². The fourth-order valence-corrected chi connectivity index (χ4v) is 1.26. The first-order valence-corrected chi connectivity index (χ1v) is 5.88. The van der Waals surface area contributed by atoms with E-state index in [1.54, 1.807) is 11.7 Å². The number of tetrazole rings is 2. The number of hydrogen-bond donors (Lipinski definition) is 0. The predicted octanol–water partition coefficient (Wildman–Crippen LogP) is 0.667. The van der Waals surface area contributed by atoms with Gasteiger partial charge in [-0.2, -0.15) is 4.80 Å². The van der Waals surface area contributed by atoms with Crippen molar-refractivity contribution in [1.82, 2.24) is 40.4 Å². The Morgan fingerprint density at radius 1 is 0.889 bits per heavy atom. The Bertz CT molecular complexity index is 470. The second kappa shape index (κ2) is 6.18. The van der Waals surface area contributed by atoms with E-state index in [2.05, 4.69) is 44.8 Å². The normalized spacial score (nSPS) is 10.7. The third kappa shape index (κ3) is 3.86. The first kappa shape index (κ1) is 14.2. The van der Waals surface area contributed by atoms with Gasteiger partial charge in [0.2, 0.25) is 0 Å². The monoisotopic (exact) mass is 252 g/mol. The molecule has 0 saturated carbocycles. The molecule has 8 nitrogen and oxygen atoms in total. The van der Waals surface area contributed by atoms with Crippen LogP contribution in [-0.2, 0) is 14.1 Å². The molecule has 8 heteroatoms. The summed E-state index contributed by atoms with van der Waals surface area (Å²) in [5.41, 5.74) is 0. The molecule has 2 aromatic rings. The van der Waals surface area contributed by atoms with Crippen LogP contribution in [0.3, 0.4) is 0 Å². The molecule has 0 unspecified atom stereocenters. The summed E-state index contributed by atoms with van der Waals surface area (Å²) in [5, 5.41) is 22.5. The summed E-state index contributed by atoms with van der Waals surface area (Å²) < 4.78 is 1.69. The number of rotatable bonds is 2. The van der Waals surface area contributed by atoms with Crippen molar-refractivity contribution in [3.05, 3.63) is 11.6 Å². The molecule has 0 fully saturated rings. The largest absolute Gasteiger partial charge is 0.232 e. The van der Waals surface area contributed by atoms with Crippen LogP contribution < -0.4 is 0 Å². The molecule has 2 rings (SSSR count). The van der Waals surface area contributed by atoms with Gasteiger partial charge >= 0.3 is 0 Å². The minimum absolute atomic E-state index is 0.374. The van der Waals surface area contributed by atoms with Crippen molar-refractivity contribution in [3.63, 3.8) is 0 Å². The molecule has 2 heterocycles. The van der Waals surface area contributed by atoms with Crippen molar-refractivity contribution in [2.24, 2.45) is 14.1 Å². The molecule has 0 amide bonds. The maximum Gasteiger partial charge on any atom is 0.177 e. The summed E-state index contributed by atoms with van der Waals surface area (Å²) in [7, 11) is 3.61. The minimum Gasteiger partial charge on any atom is -0.232 e. The van der Waals surface area contributed by atoms with E-state index in [0.717, 1.165) is 11.6 Å². The van der Waals surface area contributed by atoms with Crippen LogP contribution in [0.1, 0.15) is 51.2 Å². The van der Waals surface area contributed by atoms with Crippen LogP contribution in [-0.4, -0.2) is 40.4 Å². The van der Waals surface area contributed by atoms with Gasteiger partial charge in [-0.3, -0.25) is 0 Å². The number of aromatic nitrogens is 8. The van der Waals surface area contributed by atoms with E-state index in [4.69, 9.17) is 0 Å². The van der Waals surface area contributed by atoms with E-state index < -0.39 is 0 Å². The van der Waals surface area contributed by atoms with E-state index in [1.807, 2.05) is 20.9 Å². The Kier molecular flexibility index (Phi) is 4.87. The number of nitrogens with zero attached hydrogens (tertiary/aromatic N) is 8. The molecule has 0 aliphatic rings. The zero-order valence-corrected chi connectivity index (χ0v) is 11.7. The Balaban J connectivity index is 0.000000180. The topological polar surface area (TPSA) is 87.2 Å². The maximum atomic E-state index is 4.00. The summed E-state index contributed by atoms with van der Waals surface area (Å²) >= 11 is 0. The lowest BCUT2D eigenvalue weighted by molar-refractivity contribution is 0.625. The van der Waals surface area contributed by atoms with Crippen LogP contribution in [0.25, 0.3) is 0 Å². The van der Waals surface area contributed by atoms with Crippen molar-refractivity contribution >= 4 is 0 Å². The summed E-state index contributed by atoms with van der Waals surface area (Å²) in [5.74, 6) is 2.51. The van der Waals surface area contributed by atoms with Gasteiger partial charge in [0.1, 0.15) is 0 Å². The van der Waals surface area contributed by atoms with E-state index in [-0.39, 0.29) is 0 Å². The molecule has 0 spiro atoms. The standard InChI is InChI=1S/2C5H10N4/c1-4(2)5-6-7-8-9(5)3;1-4(2)5-6-8-9(3)7-5/h2*4H,1-3H3. The Morgan fingerprint density at radius 2 is 1.56 bits per heavy atom. The SMILES string of the molecule is CC(C)c1nnn(C)n1.CC(C)c1nnnn1C. The zero-order valence-electron chi connectivity index (χ0n) is 11.7. The number of aryl methyl sites for hydroxylation is 2. The van der Waals surface area contributed by atoms with Crippen LogP contribution in [0.15, 0.2) is 0 Å². The van der Waals surface area contributed by atoms with Gasteiger partial charge in [0.15, 0.2) is 11.6 Å². The summed E-state index contributed by atoms with van der Waals surface area (Å²) in [6, 6.07) is 0. The average Bonchev–Trinajstić information content (AvgIpc) is 2.87. The highest BCUT2D eigenvalue weighted by Crippen LogP contribution is 2.06. The van der Waals surface area contributed by atoms with Crippen LogP contribution in [0.5, 0.6) is 0 Å². The fourth-order valence-electron chi connectivity index (χ4n) is 1.26. The van der Waals surface area contributed by atoms with Gasteiger partial charge in [-0.15, -0.1) is 15.3 Å². The van der Waals surface area contributed by atoms with Gasteiger partial charge in [0.25, 0.3) is 0 Å². The van der Waals surface area contributed by atoms with Gasteiger partial charge in [0.05, 0.1) is 7.05 Å². The lowest BCUT2D eigenvalue weighted by atomic mass is 10.2. The lowest BCUT2D eigenvalue weighted by Crippen LogP contribution is -2.00. The third-order valence-electron chi connectivity index (χ3n) is 2.21. The molecule has 0 radical (unpaired) electrons. The summed E-state index contributed by atoms with van der Waals surface area (Å²) in [6.07, 6.45) is 0. The molecule has 0 N–H and O–H groups in total. The van der Waals surface area contributed by atoms with E-state index in [9.17, 15) is 0 Å². The van der Waals surface area contributed by atoms with Gasteiger partial charge in [-0.25, -0.2) is 4.68 Å². The van der Waals surface area contributed by atoms with Gasteiger partial charge in [-0.1, -0.05) is 27.7 Å². The van der Waals surface area contributed by atoms with Crippen LogP contribution in [0.2, 0.25) is 0 Å². The van der Waals surface area contributed by atoms with E-state index in [1.165, 1.54) is 4.80 Å². The van der Waals surface area contributed by atoms with Crippen molar-refractivity contribution < 1.29 is 0 Å². The van der Waals surface area contributed by atoms with Crippen molar-refractivity contribution in [3.8, 4) is 0 Å². The summed E-state index contributed by atoms with van der Waals surface area (Å²) in [6.45, 7) is 8.20. The second-order valence-corrected chi connectivity index (χ2v) is 4.61. The first-order chi connectivity index (χ1) is 8.41. The highest BCUT2D eigenvalue weighted by molar-refractivity contribution is 4.86. The smallest absolute Gasteiger partial charge is 0.177 e. The molecular weight excluding hydrogens is 232 g/mol. The van der Waals surface area contributed by atoms with Crippen LogP contribution in [0, 0.1) is 0 Å². The quantitative estimate of drug-likeness (QED) is 0.780. The van der Waals surface area contributed by atoms with Gasteiger partial charge in [-0.05, 0) is 15.6 Å². The molecule has 0 aliphatic carbocycles. The van der Waals surface area contributed by atoms with Crippen molar-refractivity contribution in [2.45, 2.75) is 39.5 Å². The highest BCUT2D eigenvalue weighted by atomic mass is 15.6. The molecule has 0 bridgehead atoms. The first-order valence-electron chi connectivity index (χ1n) is 5.88. The number of hydrogen-bond acceptors (Lipinski definition) is 6. The molecular formula is C10H20N8. The Morgan fingerprint density at radius 3 is 1.78 bits per heavy atom. The third-order valence-corrected chi connectivity index (χ3v) is 2.21. The van der Waals surface area contributed by atoms with E-state index >= 15 is 0 Å². The van der Waals surface area contributed by atoms with Gasteiger partial charge < -0.3 is 0 Å². The molecule has 100 valence electrons. The van der Waals surface area contributed by atoms with E-state index in [0.29, 0.717) is 11.8 Å².